The van der Waals surface area contributed by atoms with Crippen LogP contribution in [0, 0.1) is 0 Å². The molecule has 1 aromatic carbocycles. The van der Waals surface area contributed by atoms with Crippen molar-refractivity contribution in [3.8, 4) is 0 Å². The minimum absolute atomic E-state index is 0.0830. The Morgan fingerprint density at radius 1 is 1.17 bits per heavy atom. The number of hydrogen-bond donors (Lipinski definition) is 2. The number of piperidine rings is 1. The third-order valence-corrected chi connectivity index (χ3v) is 5.88. The molecule has 0 aliphatic carbocycles. The minimum atomic E-state index is -3.41. The first-order chi connectivity index (χ1) is 11.4. The predicted molar refractivity (Wildman–Crippen MR) is 95.9 cm³/mol. The Labute approximate surface area is 150 Å². The zero-order valence-corrected chi connectivity index (χ0v) is 15.3. The molecule has 0 bridgehead atoms. The summed E-state index contributed by atoms with van der Waals surface area (Å²) < 4.78 is 28.0. The van der Waals surface area contributed by atoms with Crippen LogP contribution < -0.4 is 14.3 Å². The van der Waals surface area contributed by atoms with E-state index in [0.29, 0.717) is 47.0 Å². The molecule has 1 saturated heterocycles. The van der Waals surface area contributed by atoms with Crippen LogP contribution in [0.2, 0.25) is 10.0 Å². The van der Waals surface area contributed by atoms with Crippen LogP contribution in [0.15, 0.2) is 18.3 Å². The van der Waals surface area contributed by atoms with Crippen molar-refractivity contribution in [2.75, 3.05) is 25.0 Å². The fourth-order valence-corrected chi connectivity index (χ4v) is 3.76. The number of benzene rings is 1. The molecule has 2 aromatic rings. The van der Waals surface area contributed by atoms with E-state index in [-0.39, 0.29) is 6.04 Å². The highest BCUT2D eigenvalue weighted by atomic mass is 35.5. The number of nitrogens with one attached hydrogen (secondary N) is 2. The van der Waals surface area contributed by atoms with E-state index in [4.69, 9.17) is 23.2 Å². The van der Waals surface area contributed by atoms with Crippen molar-refractivity contribution in [2.45, 2.75) is 18.9 Å². The van der Waals surface area contributed by atoms with Crippen LogP contribution in [-0.2, 0) is 10.2 Å². The molecule has 24 heavy (non-hydrogen) atoms. The molecule has 7 nitrogen and oxygen atoms in total. The van der Waals surface area contributed by atoms with Crippen molar-refractivity contribution in [1.29, 1.82) is 0 Å². The first-order valence-electron chi connectivity index (χ1n) is 7.45. The average Bonchev–Trinajstić information content (AvgIpc) is 2.56. The summed E-state index contributed by atoms with van der Waals surface area (Å²) in [5, 5.41) is 0.889. The third kappa shape index (κ3) is 3.89. The van der Waals surface area contributed by atoms with Gasteiger partial charge in [0.1, 0.15) is 5.82 Å². The summed E-state index contributed by atoms with van der Waals surface area (Å²) in [4.78, 5) is 11.0. The average molecular weight is 390 g/mol. The van der Waals surface area contributed by atoms with Gasteiger partial charge < -0.3 is 4.90 Å². The number of hydrogen-bond acceptors (Lipinski definition) is 5. The Bertz CT molecular complexity index is 854. The van der Waals surface area contributed by atoms with Gasteiger partial charge in [0.25, 0.3) is 10.2 Å². The van der Waals surface area contributed by atoms with E-state index in [1.165, 1.54) is 7.05 Å². The molecule has 1 fully saturated rings. The molecular weight excluding hydrogens is 373 g/mol. The van der Waals surface area contributed by atoms with E-state index in [1.54, 1.807) is 18.3 Å². The molecule has 0 unspecified atom stereocenters. The Hall–Kier alpha value is -1.19. The van der Waals surface area contributed by atoms with Crippen molar-refractivity contribution < 1.29 is 8.42 Å². The number of rotatable bonds is 4. The SMILES string of the molecule is CNS(=O)(=O)NC1CCN(c2cnc3cc(Cl)c(Cl)cc3n2)CC1. The van der Waals surface area contributed by atoms with Gasteiger partial charge in [-0.2, -0.15) is 13.1 Å². The molecular formula is C14H17Cl2N5O2S. The summed E-state index contributed by atoms with van der Waals surface area (Å²) in [5.74, 6) is 0.746. The van der Waals surface area contributed by atoms with Crippen LogP contribution in [0.25, 0.3) is 11.0 Å². The second kappa shape index (κ2) is 6.97. The molecule has 1 aliphatic rings. The lowest BCUT2D eigenvalue weighted by molar-refractivity contribution is 0.456. The monoisotopic (exact) mass is 389 g/mol. The molecule has 130 valence electrons. The highest BCUT2D eigenvalue weighted by molar-refractivity contribution is 7.87. The zero-order valence-electron chi connectivity index (χ0n) is 13.0. The van der Waals surface area contributed by atoms with Crippen LogP contribution in [0.1, 0.15) is 12.8 Å². The molecule has 10 heteroatoms. The summed E-state index contributed by atoms with van der Waals surface area (Å²) in [5.41, 5.74) is 1.37. The third-order valence-electron chi connectivity index (χ3n) is 3.98. The van der Waals surface area contributed by atoms with Gasteiger partial charge in [0.05, 0.1) is 27.3 Å². The van der Waals surface area contributed by atoms with Crippen LogP contribution in [-0.4, -0.2) is 44.6 Å². The van der Waals surface area contributed by atoms with Gasteiger partial charge in [0.15, 0.2) is 0 Å². The second-order valence-electron chi connectivity index (χ2n) is 5.57. The van der Waals surface area contributed by atoms with Crippen LogP contribution in [0.3, 0.4) is 0 Å². The standard InChI is InChI=1S/C14H17Cl2N5O2S/c1-17-24(22,23)20-9-2-4-21(5-3-9)14-8-18-12-6-10(15)11(16)7-13(12)19-14/h6-9,17,20H,2-5H2,1H3. The van der Waals surface area contributed by atoms with Crippen molar-refractivity contribution in [3.63, 3.8) is 0 Å². The van der Waals surface area contributed by atoms with E-state index in [9.17, 15) is 8.42 Å². The van der Waals surface area contributed by atoms with Gasteiger partial charge in [-0.05, 0) is 25.0 Å². The van der Waals surface area contributed by atoms with E-state index in [1.807, 2.05) is 0 Å². The van der Waals surface area contributed by atoms with Crippen LogP contribution >= 0.6 is 23.2 Å². The fraction of sp³-hybridized carbons (Fsp3) is 0.429. The highest BCUT2D eigenvalue weighted by Crippen LogP contribution is 2.27. The fourth-order valence-electron chi connectivity index (χ4n) is 2.66. The van der Waals surface area contributed by atoms with Crippen LogP contribution in [0.4, 0.5) is 5.82 Å². The van der Waals surface area contributed by atoms with E-state index in [0.717, 1.165) is 5.82 Å². The Kier molecular flexibility index (Phi) is 5.12. The lowest BCUT2D eigenvalue weighted by Gasteiger charge is -2.32. The summed E-state index contributed by atoms with van der Waals surface area (Å²) >= 11 is 12.0. The molecule has 0 amide bonds. The Balaban J connectivity index is 1.72. The zero-order chi connectivity index (χ0) is 17.3. The maximum atomic E-state index is 11.5. The van der Waals surface area contributed by atoms with Gasteiger partial charge in [-0.15, -0.1) is 0 Å². The van der Waals surface area contributed by atoms with Gasteiger partial charge in [-0.25, -0.2) is 9.71 Å². The molecule has 0 radical (unpaired) electrons. The molecule has 3 rings (SSSR count). The number of aromatic nitrogens is 2. The molecule has 1 aromatic heterocycles. The molecule has 0 atom stereocenters. The normalized spacial score (nSPS) is 16.7. The van der Waals surface area contributed by atoms with Gasteiger partial charge in [-0.3, -0.25) is 4.98 Å². The van der Waals surface area contributed by atoms with Gasteiger partial charge in [-0.1, -0.05) is 23.2 Å². The minimum Gasteiger partial charge on any atom is -0.355 e. The van der Waals surface area contributed by atoms with Gasteiger partial charge >= 0.3 is 0 Å². The highest BCUT2D eigenvalue weighted by Gasteiger charge is 2.23. The van der Waals surface area contributed by atoms with Crippen LogP contribution in [0.5, 0.6) is 0 Å². The number of halogens is 2. The Morgan fingerprint density at radius 2 is 1.79 bits per heavy atom. The molecule has 0 spiro atoms. The first-order valence-corrected chi connectivity index (χ1v) is 9.69. The van der Waals surface area contributed by atoms with Gasteiger partial charge in [0.2, 0.25) is 0 Å². The van der Waals surface area contributed by atoms with Crippen molar-refractivity contribution in [2.24, 2.45) is 0 Å². The van der Waals surface area contributed by atoms with Crippen molar-refractivity contribution in [3.05, 3.63) is 28.4 Å². The van der Waals surface area contributed by atoms with E-state index >= 15 is 0 Å². The molecule has 0 saturated carbocycles. The smallest absolute Gasteiger partial charge is 0.276 e. The quantitative estimate of drug-likeness (QED) is 0.834. The second-order valence-corrected chi connectivity index (χ2v) is 8.04. The van der Waals surface area contributed by atoms with Crippen molar-refractivity contribution >= 4 is 50.3 Å². The maximum absolute atomic E-state index is 11.5. The number of fused-ring (bicyclic) bond motifs is 1. The largest absolute Gasteiger partial charge is 0.355 e. The predicted octanol–water partition coefficient (Wildman–Crippen LogP) is 1.96. The molecule has 2 N–H and O–H groups in total. The number of anilines is 1. The topological polar surface area (TPSA) is 87.2 Å². The van der Waals surface area contributed by atoms with E-state index < -0.39 is 10.2 Å². The lowest BCUT2D eigenvalue weighted by atomic mass is 10.1. The summed E-state index contributed by atoms with van der Waals surface area (Å²) in [6.07, 6.45) is 3.09. The summed E-state index contributed by atoms with van der Waals surface area (Å²) in [7, 11) is -2.02. The van der Waals surface area contributed by atoms with Gasteiger partial charge in [0, 0.05) is 26.2 Å². The molecule has 1 aliphatic heterocycles. The first kappa shape index (κ1) is 17.6. The maximum Gasteiger partial charge on any atom is 0.276 e. The molecule has 2 heterocycles. The summed E-state index contributed by atoms with van der Waals surface area (Å²) in [6.45, 7) is 1.39. The Morgan fingerprint density at radius 3 is 2.42 bits per heavy atom. The van der Waals surface area contributed by atoms with E-state index in [2.05, 4.69) is 24.3 Å². The lowest BCUT2D eigenvalue weighted by Crippen LogP contribution is -2.47. The summed E-state index contributed by atoms with van der Waals surface area (Å²) in [6, 6.07) is 3.30. The number of nitrogens with zero attached hydrogens (tertiary/aromatic N) is 3. The van der Waals surface area contributed by atoms with Crippen molar-refractivity contribution in [1.82, 2.24) is 19.4 Å².